The quantitative estimate of drug-likeness (QED) is 0.257. The topological polar surface area (TPSA) is 105 Å². The van der Waals surface area contributed by atoms with Gasteiger partial charge in [0.2, 0.25) is 0 Å². The summed E-state index contributed by atoms with van der Waals surface area (Å²) in [5.74, 6) is -0.957. The first-order chi connectivity index (χ1) is 11.1. The van der Waals surface area contributed by atoms with E-state index in [2.05, 4.69) is 16.6 Å². The highest BCUT2D eigenvalue weighted by molar-refractivity contribution is 5.84. The Bertz CT molecular complexity index is 509. The van der Waals surface area contributed by atoms with Gasteiger partial charge >= 0.3 is 12.1 Å². The van der Waals surface area contributed by atoms with Crippen LogP contribution in [0.4, 0.5) is 4.79 Å². The average Bonchev–Trinajstić information content (AvgIpc) is 2.77. The van der Waals surface area contributed by atoms with Gasteiger partial charge in [0.25, 0.3) is 0 Å². The predicted molar refractivity (Wildman–Crippen MR) is 91.4 cm³/mol. The van der Waals surface area contributed by atoms with Gasteiger partial charge in [-0.1, -0.05) is 18.1 Å². The Balaban J connectivity index is 0.00000163. The molecule has 0 unspecified atom stereocenters. The first-order valence-corrected chi connectivity index (χ1v) is 7.86. The highest BCUT2D eigenvalue weighted by atomic mass is 16.6. The number of esters is 1. The minimum atomic E-state index is -1.39. The average molecular weight is 340 g/mol. The third-order valence-electron chi connectivity index (χ3n) is 3.25. The van der Waals surface area contributed by atoms with Gasteiger partial charge in [0.15, 0.2) is 5.54 Å². The number of likely N-dealkylation sites (tertiary alicyclic amines) is 1. The molecule has 1 aliphatic rings. The molecule has 0 bridgehead atoms. The maximum absolute atomic E-state index is 12.2. The van der Waals surface area contributed by atoms with Crippen molar-refractivity contribution in [1.29, 1.82) is 0 Å². The zero-order chi connectivity index (χ0) is 19.0. The number of azide groups is 1. The molecule has 0 N–H and O–H groups in total. The van der Waals surface area contributed by atoms with Crippen molar-refractivity contribution in [2.45, 2.75) is 52.7 Å². The predicted octanol–water partition coefficient (Wildman–Crippen LogP) is 3.68. The van der Waals surface area contributed by atoms with E-state index in [9.17, 15) is 9.59 Å². The summed E-state index contributed by atoms with van der Waals surface area (Å²) in [4.78, 5) is 28.4. The molecule has 0 aromatic heterocycles. The third-order valence-corrected chi connectivity index (χ3v) is 3.25. The van der Waals surface area contributed by atoms with Crippen molar-refractivity contribution in [3.05, 3.63) is 23.1 Å². The number of hydrogen-bond acceptors (Lipinski definition) is 5. The maximum Gasteiger partial charge on any atom is 0.410 e. The molecular formula is C16H28N4O4. The first-order valence-electron chi connectivity index (χ1n) is 7.86. The van der Waals surface area contributed by atoms with Crippen molar-refractivity contribution < 1.29 is 19.1 Å². The molecule has 0 aliphatic carbocycles. The standard InChI is InChI=1S/C13H22N4O4.C3H6/c1-6-20-10(18)13(15-16-14)8-17(7-9(13)2)11(19)21-12(3,4)5;1-3-2/h9H,6-8H2,1-5H3;3H,1H2,2H3/t9-,13-;/m0./s1. The minimum absolute atomic E-state index is 0.0357. The minimum Gasteiger partial charge on any atom is -0.465 e. The van der Waals surface area contributed by atoms with Crippen LogP contribution in [0.15, 0.2) is 17.8 Å². The van der Waals surface area contributed by atoms with Crippen molar-refractivity contribution in [3.63, 3.8) is 0 Å². The van der Waals surface area contributed by atoms with E-state index in [1.165, 1.54) is 4.90 Å². The van der Waals surface area contributed by atoms with Gasteiger partial charge in [-0.15, -0.1) is 6.58 Å². The second kappa shape index (κ2) is 9.17. The fourth-order valence-corrected chi connectivity index (χ4v) is 2.23. The number of amides is 1. The highest BCUT2D eigenvalue weighted by Gasteiger charge is 2.53. The van der Waals surface area contributed by atoms with Gasteiger partial charge in [-0.2, -0.15) is 0 Å². The summed E-state index contributed by atoms with van der Waals surface area (Å²) in [6.07, 6.45) is 1.22. The summed E-state index contributed by atoms with van der Waals surface area (Å²) >= 11 is 0. The number of rotatable bonds is 3. The number of allylic oxidation sites excluding steroid dienone is 1. The maximum atomic E-state index is 12.2. The lowest BCUT2D eigenvalue weighted by atomic mass is 9.89. The largest absolute Gasteiger partial charge is 0.465 e. The van der Waals surface area contributed by atoms with E-state index in [4.69, 9.17) is 15.0 Å². The van der Waals surface area contributed by atoms with Crippen LogP contribution in [-0.4, -0.2) is 47.8 Å². The summed E-state index contributed by atoms with van der Waals surface area (Å²) < 4.78 is 10.3. The Labute approximate surface area is 143 Å². The summed E-state index contributed by atoms with van der Waals surface area (Å²) in [5.41, 5.74) is 6.74. The van der Waals surface area contributed by atoms with Crippen molar-refractivity contribution in [3.8, 4) is 0 Å². The molecule has 1 fully saturated rings. The zero-order valence-corrected chi connectivity index (χ0v) is 15.4. The fraction of sp³-hybridized carbons (Fsp3) is 0.750. The zero-order valence-electron chi connectivity index (χ0n) is 15.4. The van der Waals surface area contributed by atoms with E-state index in [-0.39, 0.29) is 25.6 Å². The summed E-state index contributed by atoms with van der Waals surface area (Å²) in [6.45, 7) is 14.4. The number of ether oxygens (including phenoxy) is 2. The lowest BCUT2D eigenvalue weighted by molar-refractivity contribution is -0.150. The SMILES string of the molecule is C=CC.CCOC(=O)[C@]1(N=[N+]=[N-])CN(C(=O)OC(C)(C)C)C[C@@H]1C. The van der Waals surface area contributed by atoms with Crippen LogP contribution < -0.4 is 0 Å². The molecule has 1 heterocycles. The van der Waals surface area contributed by atoms with Crippen LogP contribution in [0.25, 0.3) is 10.4 Å². The van der Waals surface area contributed by atoms with Gasteiger partial charge in [-0.25, -0.2) is 4.79 Å². The summed E-state index contributed by atoms with van der Waals surface area (Å²) in [6, 6.07) is 0. The lowest BCUT2D eigenvalue weighted by Gasteiger charge is -2.26. The van der Waals surface area contributed by atoms with Crippen LogP contribution in [0.2, 0.25) is 0 Å². The van der Waals surface area contributed by atoms with Gasteiger partial charge < -0.3 is 14.4 Å². The second-order valence-corrected chi connectivity index (χ2v) is 6.50. The van der Waals surface area contributed by atoms with E-state index in [0.717, 1.165) is 0 Å². The number of carbonyl (C=O) groups excluding carboxylic acids is 2. The molecule has 0 spiro atoms. The monoisotopic (exact) mass is 340 g/mol. The van der Waals surface area contributed by atoms with Crippen LogP contribution >= 0.6 is 0 Å². The van der Waals surface area contributed by atoms with Crippen LogP contribution in [0.1, 0.15) is 41.5 Å². The molecule has 1 saturated heterocycles. The van der Waals surface area contributed by atoms with E-state index >= 15 is 0 Å². The van der Waals surface area contributed by atoms with Gasteiger partial charge in [0, 0.05) is 18.0 Å². The number of nitrogens with zero attached hydrogens (tertiary/aromatic N) is 4. The molecular weight excluding hydrogens is 312 g/mol. The van der Waals surface area contributed by atoms with Crippen LogP contribution in [-0.2, 0) is 14.3 Å². The molecule has 0 aromatic rings. The lowest BCUT2D eigenvalue weighted by Crippen LogP contribution is -2.45. The normalized spacial score (nSPS) is 22.6. The van der Waals surface area contributed by atoms with Crippen LogP contribution in [0, 0.1) is 5.92 Å². The van der Waals surface area contributed by atoms with Gasteiger partial charge in [-0.05, 0) is 46.1 Å². The van der Waals surface area contributed by atoms with Crippen molar-refractivity contribution in [1.82, 2.24) is 4.90 Å². The molecule has 0 aromatic carbocycles. The van der Waals surface area contributed by atoms with E-state index in [1.807, 2.05) is 6.92 Å². The second-order valence-electron chi connectivity index (χ2n) is 6.50. The molecule has 0 saturated carbocycles. The van der Waals surface area contributed by atoms with Crippen molar-refractivity contribution in [2.24, 2.45) is 11.0 Å². The molecule has 1 rings (SSSR count). The summed E-state index contributed by atoms with van der Waals surface area (Å²) in [5, 5.41) is 3.64. The van der Waals surface area contributed by atoms with E-state index in [1.54, 1.807) is 40.7 Å². The number of carbonyl (C=O) groups is 2. The fourth-order valence-electron chi connectivity index (χ4n) is 2.23. The van der Waals surface area contributed by atoms with E-state index in [0.29, 0.717) is 0 Å². The van der Waals surface area contributed by atoms with Gasteiger partial charge in [0.05, 0.1) is 6.61 Å². The highest BCUT2D eigenvalue weighted by Crippen LogP contribution is 2.33. The summed E-state index contributed by atoms with van der Waals surface area (Å²) in [7, 11) is 0. The van der Waals surface area contributed by atoms with Gasteiger partial charge in [-0.3, -0.25) is 4.79 Å². The Morgan fingerprint density at radius 1 is 1.50 bits per heavy atom. The molecule has 8 nitrogen and oxygen atoms in total. The Hall–Kier alpha value is -2.21. The first kappa shape index (κ1) is 21.8. The Kier molecular flexibility index (Phi) is 8.33. The smallest absolute Gasteiger partial charge is 0.410 e. The molecule has 1 amide bonds. The Morgan fingerprint density at radius 2 is 2.04 bits per heavy atom. The third kappa shape index (κ3) is 5.77. The van der Waals surface area contributed by atoms with Crippen molar-refractivity contribution in [2.75, 3.05) is 19.7 Å². The molecule has 0 radical (unpaired) electrons. The molecule has 2 atom stereocenters. The molecule has 8 heteroatoms. The molecule has 136 valence electrons. The van der Waals surface area contributed by atoms with Crippen LogP contribution in [0.5, 0.6) is 0 Å². The van der Waals surface area contributed by atoms with Gasteiger partial charge in [0.1, 0.15) is 5.60 Å². The number of hydrogen-bond donors (Lipinski definition) is 0. The van der Waals surface area contributed by atoms with Crippen molar-refractivity contribution >= 4 is 12.1 Å². The molecule has 24 heavy (non-hydrogen) atoms. The molecule has 1 aliphatic heterocycles. The Morgan fingerprint density at radius 3 is 2.46 bits per heavy atom. The van der Waals surface area contributed by atoms with E-state index < -0.39 is 23.2 Å². The van der Waals surface area contributed by atoms with Crippen LogP contribution in [0.3, 0.4) is 0 Å².